The monoisotopic (exact) mass is 344 g/mol. The van der Waals surface area contributed by atoms with Crippen LogP contribution < -0.4 is 4.74 Å². The van der Waals surface area contributed by atoms with E-state index in [9.17, 15) is 5.26 Å². The molecule has 1 aromatic carbocycles. The van der Waals surface area contributed by atoms with Crippen molar-refractivity contribution in [3.63, 3.8) is 0 Å². The molecule has 1 N–H and O–H groups in total. The van der Waals surface area contributed by atoms with Crippen LogP contribution in [0.25, 0.3) is 17.3 Å². The summed E-state index contributed by atoms with van der Waals surface area (Å²) in [6, 6.07) is 10.6. The Morgan fingerprint density at radius 2 is 2.15 bits per heavy atom. The molecule has 0 aliphatic rings. The number of aromatic amines is 1. The number of tetrazole rings is 1. The van der Waals surface area contributed by atoms with Gasteiger partial charge >= 0.3 is 0 Å². The number of hydrogen-bond donors (Lipinski definition) is 1. The molecule has 4 rings (SSSR count). The molecule has 3 aromatic heterocycles. The summed E-state index contributed by atoms with van der Waals surface area (Å²) in [4.78, 5) is 12.6. The first-order valence-corrected chi connectivity index (χ1v) is 7.67. The summed E-state index contributed by atoms with van der Waals surface area (Å²) in [6.07, 6.45) is 5.00. The third-order valence-electron chi connectivity index (χ3n) is 3.45. The van der Waals surface area contributed by atoms with Gasteiger partial charge in [-0.1, -0.05) is 0 Å². The van der Waals surface area contributed by atoms with Gasteiger partial charge in [0.15, 0.2) is 5.82 Å². The van der Waals surface area contributed by atoms with Crippen molar-refractivity contribution in [2.75, 3.05) is 0 Å². The van der Waals surface area contributed by atoms with E-state index >= 15 is 0 Å². The minimum absolute atomic E-state index is 0.357. The highest BCUT2D eigenvalue weighted by Gasteiger charge is 2.12. The molecule has 9 heteroatoms. The zero-order valence-corrected chi connectivity index (χ0v) is 13.7. The Morgan fingerprint density at radius 1 is 1.23 bits per heavy atom. The van der Waals surface area contributed by atoms with Crippen molar-refractivity contribution in [2.45, 2.75) is 6.92 Å². The van der Waals surface area contributed by atoms with E-state index in [4.69, 9.17) is 4.74 Å². The summed E-state index contributed by atoms with van der Waals surface area (Å²) in [5, 5.41) is 21.6. The number of nitrogens with zero attached hydrogens (tertiary/aromatic N) is 7. The molecule has 0 saturated heterocycles. The summed E-state index contributed by atoms with van der Waals surface area (Å²) in [5.74, 6) is 1.92. The van der Waals surface area contributed by atoms with Gasteiger partial charge < -0.3 is 9.72 Å². The zero-order chi connectivity index (χ0) is 17.9. The fraction of sp³-hybridized carbons (Fsp3) is 0.0588. The summed E-state index contributed by atoms with van der Waals surface area (Å²) < 4.78 is 5.76. The lowest BCUT2D eigenvalue weighted by Crippen LogP contribution is -2.00. The van der Waals surface area contributed by atoms with Crippen molar-refractivity contribution in [1.29, 1.82) is 5.26 Å². The molecule has 0 aliphatic carbocycles. The second kappa shape index (κ2) is 6.45. The number of nitriles is 1. The third kappa shape index (κ3) is 3.11. The van der Waals surface area contributed by atoms with Crippen molar-refractivity contribution in [3.05, 3.63) is 60.2 Å². The number of ether oxygens (including phenoxy) is 1. The van der Waals surface area contributed by atoms with Gasteiger partial charge in [-0.15, -0.1) is 15.0 Å². The summed E-state index contributed by atoms with van der Waals surface area (Å²) >= 11 is 0. The van der Waals surface area contributed by atoms with Crippen LogP contribution in [-0.4, -0.2) is 35.2 Å². The molecule has 0 spiro atoms. The average Bonchev–Trinajstić information content (AvgIpc) is 3.31. The first-order valence-electron chi connectivity index (χ1n) is 7.67. The second-order valence-electron chi connectivity index (χ2n) is 5.41. The Labute approximate surface area is 147 Å². The van der Waals surface area contributed by atoms with Crippen LogP contribution in [0.4, 0.5) is 0 Å². The van der Waals surface area contributed by atoms with Gasteiger partial charge in [0.2, 0.25) is 5.82 Å². The molecule has 0 atom stereocenters. The van der Waals surface area contributed by atoms with Crippen molar-refractivity contribution >= 4 is 0 Å². The fourth-order valence-electron chi connectivity index (χ4n) is 2.31. The minimum Gasteiger partial charge on any atom is -0.456 e. The number of imidazole rings is 1. The summed E-state index contributed by atoms with van der Waals surface area (Å²) in [7, 11) is 0. The van der Waals surface area contributed by atoms with Crippen molar-refractivity contribution < 1.29 is 4.74 Å². The quantitative estimate of drug-likeness (QED) is 0.604. The average molecular weight is 344 g/mol. The van der Waals surface area contributed by atoms with E-state index in [-0.39, 0.29) is 0 Å². The normalized spacial score (nSPS) is 10.5. The van der Waals surface area contributed by atoms with Crippen LogP contribution in [0.3, 0.4) is 0 Å². The van der Waals surface area contributed by atoms with E-state index in [1.165, 1.54) is 4.80 Å². The summed E-state index contributed by atoms with van der Waals surface area (Å²) in [5.41, 5.74) is 1.79. The molecule has 4 aromatic rings. The molecule has 0 aliphatic heterocycles. The lowest BCUT2D eigenvalue weighted by Gasteiger charge is -2.07. The smallest absolute Gasteiger partial charge is 0.240 e. The Hall–Kier alpha value is -4.06. The largest absolute Gasteiger partial charge is 0.456 e. The molecule has 0 bridgehead atoms. The van der Waals surface area contributed by atoms with E-state index in [2.05, 4.69) is 36.4 Å². The maximum absolute atomic E-state index is 9.29. The third-order valence-corrected chi connectivity index (χ3v) is 3.45. The lowest BCUT2D eigenvalue weighted by atomic mass is 10.2. The van der Waals surface area contributed by atoms with Gasteiger partial charge in [0, 0.05) is 18.5 Å². The first-order chi connectivity index (χ1) is 12.7. The zero-order valence-electron chi connectivity index (χ0n) is 13.7. The van der Waals surface area contributed by atoms with Crippen molar-refractivity contribution in [2.24, 2.45) is 0 Å². The SMILES string of the molecule is Cc1c[nH]c(-c2nnn(-c3cc(C#N)cc(Oc4cccnc4)c3)n2)n1. The van der Waals surface area contributed by atoms with E-state index < -0.39 is 0 Å². The molecule has 0 unspecified atom stereocenters. The number of H-pyrrole nitrogens is 1. The maximum Gasteiger partial charge on any atom is 0.240 e. The Kier molecular flexibility index (Phi) is 3.83. The highest BCUT2D eigenvalue weighted by molar-refractivity contribution is 5.49. The van der Waals surface area contributed by atoms with Crippen LogP contribution in [0.15, 0.2) is 48.9 Å². The standard InChI is InChI=1S/C17H12N8O/c1-11-9-20-16(21-11)17-22-24-25(23-17)13-5-12(8-18)6-15(7-13)26-14-3-2-4-19-10-14/h2-7,9-10H,1H3,(H,20,21). The molecule has 126 valence electrons. The number of benzene rings is 1. The first kappa shape index (κ1) is 15.5. The van der Waals surface area contributed by atoms with E-state index in [1.54, 1.807) is 48.9 Å². The molecule has 0 radical (unpaired) electrons. The van der Waals surface area contributed by atoms with E-state index in [0.717, 1.165) is 5.69 Å². The van der Waals surface area contributed by atoms with Crippen LogP contribution in [0.1, 0.15) is 11.3 Å². The van der Waals surface area contributed by atoms with Crippen LogP contribution in [-0.2, 0) is 0 Å². The predicted molar refractivity (Wildman–Crippen MR) is 90.5 cm³/mol. The minimum atomic E-state index is 0.357. The van der Waals surface area contributed by atoms with Gasteiger partial charge in [0.1, 0.15) is 11.5 Å². The molecular formula is C17H12N8O. The number of hydrogen-bond acceptors (Lipinski definition) is 7. The Balaban J connectivity index is 1.69. The van der Waals surface area contributed by atoms with Crippen molar-refractivity contribution in [3.8, 4) is 34.9 Å². The number of aromatic nitrogens is 7. The highest BCUT2D eigenvalue weighted by Crippen LogP contribution is 2.24. The Bertz CT molecular complexity index is 1090. The van der Waals surface area contributed by atoms with Crippen LogP contribution in [0.2, 0.25) is 0 Å². The predicted octanol–water partition coefficient (Wildman–Crippen LogP) is 2.42. The second-order valence-corrected chi connectivity index (χ2v) is 5.41. The van der Waals surface area contributed by atoms with E-state index in [1.807, 2.05) is 6.92 Å². The molecule has 0 amide bonds. The van der Waals surface area contributed by atoms with Crippen LogP contribution in [0.5, 0.6) is 11.5 Å². The van der Waals surface area contributed by atoms with Gasteiger partial charge in [-0.3, -0.25) is 4.98 Å². The molecule has 9 nitrogen and oxygen atoms in total. The molecular weight excluding hydrogens is 332 g/mol. The van der Waals surface area contributed by atoms with Gasteiger partial charge in [-0.25, -0.2) is 4.98 Å². The molecule has 0 fully saturated rings. The number of nitrogens with one attached hydrogen (secondary N) is 1. The van der Waals surface area contributed by atoms with Gasteiger partial charge in [0.05, 0.1) is 29.2 Å². The number of aryl methyl sites for hydroxylation is 1. The van der Waals surface area contributed by atoms with Crippen molar-refractivity contribution in [1.82, 2.24) is 35.2 Å². The molecule has 26 heavy (non-hydrogen) atoms. The fourth-order valence-corrected chi connectivity index (χ4v) is 2.31. The molecule has 3 heterocycles. The number of pyridine rings is 1. The van der Waals surface area contributed by atoms with Crippen LogP contribution >= 0.6 is 0 Å². The summed E-state index contributed by atoms with van der Waals surface area (Å²) in [6.45, 7) is 1.86. The van der Waals surface area contributed by atoms with Gasteiger partial charge in [-0.05, 0) is 36.4 Å². The van der Waals surface area contributed by atoms with Crippen LogP contribution in [0, 0.1) is 18.3 Å². The number of rotatable bonds is 4. The highest BCUT2D eigenvalue weighted by atomic mass is 16.5. The maximum atomic E-state index is 9.29. The lowest BCUT2D eigenvalue weighted by molar-refractivity contribution is 0.479. The van der Waals surface area contributed by atoms with Gasteiger partial charge in [0.25, 0.3) is 0 Å². The molecule has 0 saturated carbocycles. The van der Waals surface area contributed by atoms with E-state index in [0.29, 0.717) is 34.4 Å². The topological polar surface area (TPSA) is 118 Å². The van der Waals surface area contributed by atoms with Gasteiger partial charge in [-0.2, -0.15) is 5.26 Å². The Morgan fingerprint density at radius 3 is 2.88 bits per heavy atom.